The molecule has 21 heavy (non-hydrogen) atoms. The lowest BCUT2D eigenvalue weighted by molar-refractivity contribution is -0.479. The van der Waals surface area contributed by atoms with Crippen molar-refractivity contribution in [2.75, 3.05) is 5.01 Å². The number of anilines is 1. The quantitative estimate of drug-likeness (QED) is 0.535. The fourth-order valence-electron chi connectivity index (χ4n) is 1.67. The third kappa shape index (κ3) is 3.61. The topological polar surface area (TPSA) is 75.5 Å². The van der Waals surface area contributed by atoms with Gasteiger partial charge in [-0.05, 0) is 41.5 Å². The molecule has 7 heteroatoms. The molecule has 106 valence electrons. The highest BCUT2D eigenvalue weighted by molar-refractivity contribution is 7.80. The van der Waals surface area contributed by atoms with Crippen LogP contribution in [0.2, 0.25) is 0 Å². The van der Waals surface area contributed by atoms with E-state index in [0.717, 1.165) is 0 Å². The van der Waals surface area contributed by atoms with Crippen LogP contribution in [0.3, 0.4) is 0 Å². The predicted molar refractivity (Wildman–Crippen MR) is 82.4 cm³/mol. The van der Waals surface area contributed by atoms with Crippen LogP contribution in [0.4, 0.5) is 5.69 Å². The standard InChI is InChI=1S/C14H11N3O3S/c18-13(11-7-3-1-4-8-11)15-14(21)16(17(19)20)12-9-5-2-6-10-12/h1-10H,(H,15,18,21). The van der Waals surface area contributed by atoms with Crippen molar-refractivity contribution in [1.82, 2.24) is 5.32 Å². The van der Waals surface area contributed by atoms with Gasteiger partial charge in [0.1, 0.15) is 5.69 Å². The van der Waals surface area contributed by atoms with Gasteiger partial charge in [0.15, 0.2) is 5.03 Å². The Morgan fingerprint density at radius 1 is 1.05 bits per heavy atom. The first-order valence-corrected chi connectivity index (χ1v) is 6.40. The second kappa shape index (κ2) is 6.58. The number of rotatable bonds is 3. The smallest absolute Gasteiger partial charge is 0.257 e. The van der Waals surface area contributed by atoms with E-state index < -0.39 is 10.9 Å². The third-order valence-corrected chi connectivity index (χ3v) is 2.89. The molecule has 0 aliphatic carbocycles. The summed E-state index contributed by atoms with van der Waals surface area (Å²) >= 11 is 4.96. The van der Waals surface area contributed by atoms with E-state index in [2.05, 4.69) is 5.32 Å². The Morgan fingerprint density at radius 3 is 2.10 bits per heavy atom. The molecule has 2 rings (SSSR count). The zero-order chi connectivity index (χ0) is 15.2. The Bertz CT molecular complexity index is 662. The summed E-state index contributed by atoms with van der Waals surface area (Å²) in [5.41, 5.74) is 0.636. The van der Waals surface area contributed by atoms with Gasteiger partial charge in [-0.25, -0.2) is 10.1 Å². The number of thiocarbonyl (C=S) groups is 1. The molecule has 0 aromatic heterocycles. The Hall–Kier alpha value is -2.80. The number of nitro groups is 1. The number of nitrogens with one attached hydrogen (secondary N) is 1. The van der Waals surface area contributed by atoms with E-state index in [1.807, 2.05) is 0 Å². The van der Waals surface area contributed by atoms with Crippen LogP contribution in [-0.2, 0) is 0 Å². The maximum Gasteiger partial charge on any atom is 0.257 e. The van der Waals surface area contributed by atoms with Gasteiger partial charge in [0.2, 0.25) is 5.11 Å². The molecule has 1 N–H and O–H groups in total. The van der Waals surface area contributed by atoms with Gasteiger partial charge in [-0.3, -0.25) is 10.1 Å². The molecular weight excluding hydrogens is 290 g/mol. The van der Waals surface area contributed by atoms with Gasteiger partial charge in [-0.15, -0.1) is 0 Å². The highest BCUT2D eigenvalue weighted by atomic mass is 32.1. The maximum atomic E-state index is 12.0. The van der Waals surface area contributed by atoms with Crippen LogP contribution in [0.1, 0.15) is 10.4 Å². The Kier molecular flexibility index (Phi) is 4.57. The summed E-state index contributed by atoms with van der Waals surface area (Å²) in [4.78, 5) is 23.1. The van der Waals surface area contributed by atoms with E-state index in [4.69, 9.17) is 12.2 Å². The fourth-order valence-corrected chi connectivity index (χ4v) is 1.93. The summed E-state index contributed by atoms with van der Waals surface area (Å²) in [7, 11) is 0. The molecule has 0 atom stereocenters. The van der Waals surface area contributed by atoms with Crippen LogP contribution in [-0.4, -0.2) is 16.1 Å². The fraction of sp³-hybridized carbons (Fsp3) is 0. The predicted octanol–water partition coefficient (Wildman–Crippen LogP) is 2.40. The molecule has 0 aliphatic rings. The van der Waals surface area contributed by atoms with Crippen LogP contribution < -0.4 is 10.3 Å². The zero-order valence-electron chi connectivity index (χ0n) is 10.8. The van der Waals surface area contributed by atoms with E-state index in [9.17, 15) is 14.9 Å². The van der Waals surface area contributed by atoms with Crippen molar-refractivity contribution in [2.45, 2.75) is 0 Å². The highest BCUT2D eigenvalue weighted by Gasteiger charge is 2.24. The van der Waals surface area contributed by atoms with E-state index in [0.29, 0.717) is 10.6 Å². The number of para-hydroxylation sites is 1. The van der Waals surface area contributed by atoms with E-state index in [-0.39, 0.29) is 10.8 Å². The van der Waals surface area contributed by atoms with E-state index >= 15 is 0 Å². The molecule has 1 amide bonds. The van der Waals surface area contributed by atoms with Gasteiger partial charge in [0.25, 0.3) is 5.91 Å². The van der Waals surface area contributed by atoms with Crippen LogP contribution in [0.25, 0.3) is 0 Å². The van der Waals surface area contributed by atoms with Crippen LogP contribution >= 0.6 is 12.2 Å². The van der Waals surface area contributed by atoms with Gasteiger partial charge in [-0.1, -0.05) is 36.4 Å². The minimum absolute atomic E-state index is 0.265. The van der Waals surface area contributed by atoms with E-state index in [1.165, 1.54) is 12.1 Å². The SMILES string of the molecule is O=C(NC(=S)N(c1ccccc1)[N+](=O)[O-])c1ccccc1. The average molecular weight is 301 g/mol. The number of nitrogens with zero attached hydrogens (tertiary/aromatic N) is 2. The molecular formula is C14H11N3O3S. The number of amides is 1. The molecule has 0 radical (unpaired) electrons. The number of carbonyl (C=O) groups excluding carboxylic acids is 1. The van der Waals surface area contributed by atoms with Crippen LogP contribution in [0, 0.1) is 10.1 Å². The first-order chi connectivity index (χ1) is 10.1. The van der Waals surface area contributed by atoms with Crippen molar-refractivity contribution < 1.29 is 9.83 Å². The Labute approximate surface area is 126 Å². The maximum absolute atomic E-state index is 12.0. The van der Waals surface area contributed by atoms with Crippen molar-refractivity contribution in [1.29, 1.82) is 0 Å². The minimum atomic E-state index is -0.678. The average Bonchev–Trinajstić information content (AvgIpc) is 2.49. The number of carbonyl (C=O) groups is 1. The summed E-state index contributed by atoms with van der Waals surface area (Å²) in [6.45, 7) is 0. The number of hydrazine groups is 1. The molecule has 0 spiro atoms. The summed E-state index contributed by atoms with van der Waals surface area (Å²) < 4.78 is 0. The van der Waals surface area contributed by atoms with Gasteiger partial charge >= 0.3 is 0 Å². The van der Waals surface area contributed by atoms with Crippen molar-refractivity contribution in [3.05, 3.63) is 76.3 Å². The second-order valence-corrected chi connectivity index (χ2v) is 4.40. The molecule has 2 aromatic carbocycles. The minimum Gasteiger partial charge on any atom is -0.294 e. The highest BCUT2D eigenvalue weighted by Crippen LogP contribution is 2.13. The zero-order valence-corrected chi connectivity index (χ0v) is 11.6. The van der Waals surface area contributed by atoms with Crippen molar-refractivity contribution >= 4 is 28.9 Å². The molecule has 0 fully saturated rings. The van der Waals surface area contributed by atoms with Crippen LogP contribution in [0.15, 0.2) is 60.7 Å². The lowest BCUT2D eigenvalue weighted by atomic mass is 10.2. The van der Waals surface area contributed by atoms with Gasteiger partial charge in [-0.2, -0.15) is 0 Å². The number of hydrogen-bond donors (Lipinski definition) is 1. The summed E-state index contributed by atoms with van der Waals surface area (Å²) in [5.74, 6) is -0.497. The molecule has 0 saturated heterocycles. The molecule has 0 unspecified atom stereocenters. The third-order valence-electron chi connectivity index (χ3n) is 2.61. The summed E-state index contributed by atoms with van der Waals surface area (Å²) in [5, 5.41) is 13.2. The lowest BCUT2D eigenvalue weighted by Gasteiger charge is -2.15. The van der Waals surface area contributed by atoms with Crippen molar-refractivity contribution in [3.63, 3.8) is 0 Å². The molecule has 0 saturated carbocycles. The Morgan fingerprint density at radius 2 is 1.57 bits per heavy atom. The first-order valence-electron chi connectivity index (χ1n) is 5.99. The van der Waals surface area contributed by atoms with Gasteiger partial charge in [0.05, 0.1) is 0 Å². The second-order valence-electron chi connectivity index (χ2n) is 4.01. The molecule has 0 aliphatic heterocycles. The lowest BCUT2D eigenvalue weighted by Crippen LogP contribution is -2.45. The van der Waals surface area contributed by atoms with Gasteiger partial charge in [0, 0.05) is 5.56 Å². The normalized spacial score (nSPS) is 9.71. The summed E-state index contributed by atoms with van der Waals surface area (Å²) in [6.07, 6.45) is 0. The van der Waals surface area contributed by atoms with Crippen molar-refractivity contribution in [2.24, 2.45) is 0 Å². The van der Waals surface area contributed by atoms with E-state index in [1.54, 1.807) is 48.5 Å². The van der Waals surface area contributed by atoms with Crippen molar-refractivity contribution in [3.8, 4) is 0 Å². The molecule has 0 heterocycles. The van der Waals surface area contributed by atoms with Gasteiger partial charge < -0.3 is 0 Å². The number of hydrogen-bond acceptors (Lipinski definition) is 4. The molecule has 0 bridgehead atoms. The Balaban J connectivity index is 2.17. The molecule has 2 aromatic rings. The first kappa shape index (κ1) is 14.6. The monoisotopic (exact) mass is 301 g/mol. The van der Waals surface area contributed by atoms with Crippen LogP contribution in [0.5, 0.6) is 0 Å². The number of benzene rings is 2. The summed E-state index contributed by atoms with van der Waals surface area (Å²) in [6, 6.07) is 16.4. The molecule has 6 nitrogen and oxygen atoms in total. The largest absolute Gasteiger partial charge is 0.294 e.